The van der Waals surface area contributed by atoms with Gasteiger partial charge < -0.3 is 0 Å². The summed E-state index contributed by atoms with van der Waals surface area (Å²) < 4.78 is 0. The van der Waals surface area contributed by atoms with Crippen LogP contribution >= 0.6 is 0 Å². The molecule has 5 unspecified atom stereocenters. The maximum atomic E-state index is 4.09. The molecule has 0 amide bonds. The van der Waals surface area contributed by atoms with E-state index in [1.54, 1.807) is 0 Å². The van der Waals surface area contributed by atoms with Gasteiger partial charge in [-0.1, -0.05) is 39.7 Å². The number of hydrogen-bond acceptors (Lipinski definition) is 0. The minimum atomic E-state index is 0.528. The van der Waals surface area contributed by atoms with Crippen LogP contribution in [0.4, 0.5) is 0 Å². The maximum absolute atomic E-state index is 4.09. The van der Waals surface area contributed by atoms with Crippen molar-refractivity contribution in [2.75, 3.05) is 0 Å². The van der Waals surface area contributed by atoms with Crippen molar-refractivity contribution in [2.24, 2.45) is 29.1 Å². The van der Waals surface area contributed by atoms with E-state index in [1.165, 1.54) is 19.3 Å². The van der Waals surface area contributed by atoms with Crippen LogP contribution in [-0.4, -0.2) is 0 Å². The van der Waals surface area contributed by atoms with Gasteiger partial charge >= 0.3 is 0 Å². The van der Waals surface area contributed by atoms with Crippen LogP contribution in [0.25, 0.3) is 0 Å². The Bertz CT molecular complexity index is 218. The molecule has 0 aromatic carbocycles. The molecule has 2 aliphatic carbocycles. The average molecular weight is 178 g/mol. The van der Waals surface area contributed by atoms with Gasteiger partial charge in [0.25, 0.3) is 0 Å². The molecule has 0 aromatic heterocycles. The number of rotatable bonds is 4. The summed E-state index contributed by atoms with van der Waals surface area (Å²) in [5, 5.41) is 0. The summed E-state index contributed by atoms with van der Waals surface area (Å²) in [4.78, 5) is 0. The summed E-state index contributed by atoms with van der Waals surface area (Å²) in [5.41, 5.74) is 0.528. The molecule has 0 spiro atoms. The highest BCUT2D eigenvalue weighted by Crippen LogP contribution is 2.74. The monoisotopic (exact) mass is 178 g/mol. The fourth-order valence-corrected chi connectivity index (χ4v) is 3.97. The van der Waals surface area contributed by atoms with E-state index in [9.17, 15) is 0 Å². The van der Waals surface area contributed by atoms with Crippen LogP contribution in [0.5, 0.6) is 0 Å². The topological polar surface area (TPSA) is 0 Å². The van der Waals surface area contributed by atoms with Gasteiger partial charge in [0.2, 0.25) is 0 Å². The molecule has 2 fully saturated rings. The summed E-state index contributed by atoms with van der Waals surface area (Å²) in [5.74, 6) is 3.85. The normalized spacial score (nSPS) is 49.0. The SMILES string of the molecule is C=CC1(C(C)CCC)C(C)C2CC21. The first kappa shape index (κ1) is 9.30. The van der Waals surface area contributed by atoms with Crippen molar-refractivity contribution in [3.8, 4) is 0 Å². The summed E-state index contributed by atoms with van der Waals surface area (Å²) in [7, 11) is 0. The first-order valence-electron chi connectivity index (χ1n) is 5.82. The molecule has 0 aromatic rings. The molecular formula is C13H22. The average Bonchev–Trinajstić information content (AvgIpc) is 2.83. The molecule has 2 rings (SSSR count). The van der Waals surface area contributed by atoms with Crippen molar-refractivity contribution in [3.05, 3.63) is 12.7 Å². The molecule has 13 heavy (non-hydrogen) atoms. The van der Waals surface area contributed by atoms with Gasteiger partial charge in [-0.2, -0.15) is 0 Å². The molecular weight excluding hydrogens is 156 g/mol. The van der Waals surface area contributed by atoms with Gasteiger partial charge in [0.1, 0.15) is 0 Å². The molecule has 0 radical (unpaired) electrons. The summed E-state index contributed by atoms with van der Waals surface area (Å²) >= 11 is 0. The van der Waals surface area contributed by atoms with E-state index in [0.717, 1.165) is 23.7 Å². The molecule has 74 valence electrons. The van der Waals surface area contributed by atoms with Crippen molar-refractivity contribution in [1.29, 1.82) is 0 Å². The number of fused-ring (bicyclic) bond motifs is 1. The molecule has 0 nitrogen and oxygen atoms in total. The molecule has 5 atom stereocenters. The number of hydrogen-bond donors (Lipinski definition) is 0. The zero-order chi connectivity index (χ0) is 9.64. The Balaban J connectivity index is 2.11. The standard InChI is InChI=1S/C13H22/c1-5-7-9(3)13(6-2)10(4)11-8-12(11)13/h6,9-12H,2,5,7-8H2,1,3-4H3. The first-order valence-corrected chi connectivity index (χ1v) is 5.82. The van der Waals surface area contributed by atoms with Crippen LogP contribution < -0.4 is 0 Å². The molecule has 2 aliphatic rings. The zero-order valence-electron chi connectivity index (χ0n) is 9.22. The second kappa shape index (κ2) is 2.87. The Morgan fingerprint density at radius 3 is 2.69 bits per heavy atom. The van der Waals surface area contributed by atoms with Crippen LogP contribution in [0.15, 0.2) is 12.7 Å². The second-order valence-corrected chi connectivity index (χ2v) is 5.19. The Labute approximate surface area is 82.4 Å². The minimum Gasteiger partial charge on any atom is -0.102 e. The third-order valence-corrected chi connectivity index (χ3v) is 4.84. The lowest BCUT2D eigenvalue weighted by atomic mass is 9.54. The van der Waals surface area contributed by atoms with E-state index in [-0.39, 0.29) is 0 Å². The highest BCUT2D eigenvalue weighted by molar-refractivity contribution is 5.23. The Morgan fingerprint density at radius 2 is 2.31 bits per heavy atom. The van der Waals surface area contributed by atoms with Crippen molar-refractivity contribution >= 4 is 0 Å². The van der Waals surface area contributed by atoms with Crippen molar-refractivity contribution in [2.45, 2.75) is 40.0 Å². The predicted molar refractivity (Wildman–Crippen MR) is 57.5 cm³/mol. The Morgan fingerprint density at radius 1 is 1.62 bits per heavy atom. The lowest BCUT2D eigenvalue weighted by Gasteiger charge is -2.50. The highest BCUT2D eigenvalue weighted by Gasteiger charge is 2.68. The fraction of sp³-hybridized carbons (Fsp3) is 0.846. The van der Waals surface area contributed by atoms with Gasteiger partial charge in [-0.05, 0) is 35.5 Å². The van der Waals surface area contributed by atoms with Crippen molar-refractivity contribution < 1.29 is 0 Å². The third-order valence-electron chi connectivity index (χ3n) is 4.84. The Kier molecular flexibility index (Phi) is 2.05. The first-order chi connectivity index (χ1) is 6.18. The lowest BCUT2D eigenvalue weighted by molar-refractivity contribution is 0.0169. The molecule has 2 saturated carbocycles. The largest absolute Gasteiger partial charge is 0.102 e. The van der Waals surface area contributed by atoms with Gasteiger partial charge in [0.15, 0.2) is 0 Å². The van der Waals surface area contributed by atoms with E-state index in [4.69, 9.17) is 0 Å². The molecule has 0 saturated heterocycles. The van der Waals surface area contributed by atoms with Gasteiger partial charge in [-0.3, -0.25) is 0 Å². The summed E-state index contributed by atoms with van der Waals surface area (Å²) in [6.07, 6.45) is 6.47. The lowest BCUT2D eigenvalue weighted by Crippen LogP contribution is -2.45. The smallest absolute Gasteiger partial charge is 0.00359 e. The second-order valence-electron chi connectivity index (χ2n) is 5.19. The molecule has 0 heterocycles. The van der Waals surface area contributed by atoms with Gasteiger partial charge in [0, 0.05) is 0 Å². The van der Waals surface area contributed by atoms with Crippen LogP contribution in [0.2, 0.25) is 0 Å². The van der Waals surface area contributed by atoms with E-state index < -0.39 is 0 Å². The van der Waals surface area contributed by atoms with Gasteiger partial charge in [0.05, 0.1) is 0 Å². The minimum absolute atomic E-state index is 0.528. The summed E-state index contributed by atoms with van der Waals surface area (Å²) in [6.45, 7) is 11.2. The van der Waals surface area contributed by atoms with E-state index in [0.29, 0.717) is 5.41 Å². The van der Waals surface area contributed by atoms with E-state index >= 15 is 0 Å². The summed E-state index contributed by atoms with van der Waals surface area (Å²) in [6, 6.07) is 0. The highest BCUT2D eigenvalue weighted by atomic mass is 14.7. The molecule has 0 N–H and O–H groups in total. The fourth-order valence-electron chi connectivity index (χ4n) is 3.97. The van der Waals surface area contributed by atoms with Crippen LogP contribution in [-0.2, 0) is 0 Å². The molecule has 0 aliphatic heterocycles. The van der Waals surface area contributed by atoms with Crippen molar-refractivity contribution in [3.63, 3.8) is 0 Å². The third kappa shape index (κ3) is 0.978. The van der Waals surface area contributed by atoms with Crippen LogP contribution in [0.1, 0.15) is 40.0 Å². The molecule has 0 bridgehead atoms. The Hall–Kier alpha value is -0.260. The van der Waals surface area contributed by atoms with Crippen LogP contribution in [0, 0.1) is 29.1 Å². The van der Waals surface area contributed by atoms with E-state index in [1.807, 2.05) is 0 Å². The zero-order valence-corrected chi connectivity index (χ0v) is 9.22. The number of allylic oxidation sites excluding steroid dienone is 1. The predicted octanol–water partition coefficient (Wildman–Crippen LogP) is 3.88. The van der Waals surface area contributed by atoms with E-state index in [2.05, 4.69) is 33.4 Å². The van der Waals surface area contributed by atoms with Gasteiger partial charge in [-0.15, -0.1) is 6.58 Å². The molecule has 0 heteroatoms. The quantitative estimate of drug-likeness (QED) is 0.573. The van der Waals surface area contributed by atoms with Crippen molar-refractivity contribution in [1.82, 2.24) is 0 Å². The van der Waals surface area contributed by atoms with Gasteiger partial charge in [-0.25, -0.2) is 0 Å². The van der Waals surface area contributed by atoms with Crippen LogP contribution in [0.3, 0.4) is 0 Å². The maximum Gasteiger partial charge on any atom is -0.00359 e.